The molecule has 120 valence electrons. The number of ether oxygens (including phenoxy) is 4. The van der Waals surface area contributed by atoms with Gasteiger partial charge in [0.05, 0.1) is 36.6 Å². The molecule has 4 aliphatic rings. The summed E-state index contributed by atoms with van der Waals surface area (Å²) in [5.41, 5.74) is 0. The number of rotatable bonds is 0. The topological polar surface area (TPSA) is 57.2 Å². The molecule has 4 rings (SSSR count). The molecule has 0 aromatic heterocycles. The van der Waals surface area contributed by atoms with Gasteiger partial charge in [0, 0.05) is 25.6 Å². The minimum absolute atomic E-state index is 0.00468. The minimum atomic E-state index is -0.508. The first-order valence-electron chi connectivity index (χ1n) is 8.46. The molecule has 4 aliphatic heterocycles. The Hall–Kier alpha value is -0.200. The van der Waals surface area contributed by atoms with Crippen LogP contribution in [-0.4, -0.2) is 61.0 Å². The Morgan fingerprint density at radius 1 is 0.810 bits per heavy atom. The lowest BCUT2D eigenvalue weighted by molar-refractivity contribution is -0.230. The van der Waals surface area contributed by atoms with Crippen molar-refractivity contribution in [2.75, 3.05) is 13.2 Å². The van der Waals surface area contributed by atoms with Crippen LogP contribution in [0.1, 0.15) is 39.0 Å². The molecule has 0 amide bonds. The monoisotopic (exact) mass is 298 g/mol. The van der Waals surface area contributed by atoms with Crippen molar-refractivity contribution in [2.24, 2.45) is 5.92 Å². The van der Waals surface area contributed by atoms with Crippen molar-refractivity contribution >= 4 is 0 Å². The van der Waals surface area contributed by atoms with Crippen molar-refractivity contribution < 1.29 is 24.1 Å². The van der Waals surface area contributed by atoms with E-state index in [2.05, 4.69) is 6.92 Å². The van der Waals surface area contributed by atoms with Gasteiger partial charge < -0.3 is 24.1 Å². The summed E-state index contributed by atoms with van der Waals surface area (Å²) in [5, 5.41) is 10.7. The Morgan fingerprint density at radius 3 is 2.43 bits per heavy atom. The van der Waals surface area contributed by atoms with E-state index in [4.69, 9.17) is 18.9 Å². The molecule has 4 heterocycles. The van der Waals surface area contributed by atoms with Crippen molar-refractivity contribution in [3.05, 3.63) is 0 Å². The van der Waals surface area contributed by atoms with Gasteiger partial charge in [-0.25, -0.2) is 0 Å². The number of hydrogen-bond acceptors (Lipinski definition) is 5. The van der Waals surface area contributed by atoms with Crippen molar-refractivity contribution in [3.63, 3.8) is 0 Å². The third-order valence-corrected chi connectivity index (χ3v) is 5.60. The van der Waals surface area contributed by atoms with Crippen LogP contribution in [0.3, 0.4) is 0 Å². The molecule has 0 bridgehead atoms. The molecule has 0 radical (unpaired) electrons. The largest absolute Gasteiger partial charge is 0.390 e. The fourth-order valence-electron chi connectivity index (χ4n) is 4.39. The molecule has 4 saturated heterocycles. The Bertz CT molecular complexity index is 374. The summed E-state index contributed by atoms with van der Waals surface area (Å²) in [6.07, 6.45) is 4.55. The van der Waals surface area contributed by atoms with Crippen LogP contribution in [-0.2, 0) is 18.9 Å². The standard InChI is InChI=1S/C16H26O5/c1-9-14(17)16-11(5-3-7-19-16)20-13-8-12-10(21-15(9)13)4-2-6-18-12/h9-17H,2-8H2,1H3/t9-,10-,11+,12+,13-,14-,15+,16+/m1/s1. The first kappa shape index (κ1) is 14.4. The van der Waals surface area contributed by atoms with Crippen LogP contribution in [0.5, 0.6) is 0 Å². The van der Waals surface area contributed by atoms with Gasteiger partial charge in [-0.05, 0) is 25.7 Å². The minimum Gasteiger partial charge on any atom is -0.390 e. The van der Waals surface area contributed by atoms with E-state index in [1.807, 2.05) is 0 Å². The number of hydrogen-bond donors (Lipinski definition) is 1. The number of aliphatic hydroxyl groups excluding tert-OH is 1. The molecule has 0 aliphatic carbocycles. The highest BCUT2D eigenvalue weighted by Gasteiger charge is 2.50. The molecule has 0 aromatic rings. The van der Waals surface area contributed by atoms with Crippen LogP contribution in [0, 0.1) is 5.92 Å². The van der Waals surface area contributed by atoms with E-state index in [0.717, 1.165) is 45.3 Å². The van der Waals surface area contributed by atoms with Crippen LogP contribution >= 0.6 is 0 Å². The molecule has 0 aromatic carbocycles. The molecule has 8 atom stereocenters. The Morgan fingerprint density at radius 2 is 1.57 bits per heavy atom. The van der Waals surface area contributed by atoms with Gasteiger partial charge in [-0.2, -0.15) is 0 Å². The molecular formula is C16H26O5. The molecular weight excluding hydrogens is 272 g/mol. The first-order valence-corrected chi connectivity index (χ1v) is 8.46. The quantitative estimate of drug-likeness (QED) is 0.730. The Balaban J connectivity index is 1.56. The van der Waals surface area contributed by atoms with E-state index in [1.165, 1.54) is 0 Å². The van der Waals surface area contributed by atoms with E-state index in [-0.39, 0.29) is 42.5 Å². The fraction of sp³-hybridized carbons (Fsp3) is 1.00. The van der Waals surface area contributed by atoms with Gasteiger partial charge in [-0.15, -0.1) is 0 Å². The zero-order chi connectivity index (χ0) is 14.4. The second-order valence-corrected chi connectivity index (χ2v) is 6.97. The smallest absolute Gasteiger partial charge is 0.110 e. The first-order chi connectivity index (χ1) is 10.2. The third kappa shape index (κ3) is 2.53. The lowest BCUT2D eigenvalue weighted by Gasteiger charge is -2.45. The van der Waals surface area contributed by atoms with Crippen LogP contribution in [0.4, 0.5) is 0 Å². The number of fused-ring (bicyclic) bond motifs is 3. The van der Waals surface area contributed by atoms with E-state index >= 15 is 0 Å². The van der Waals surface area contributed by atoms with Gasteiger partial charge in [0.2, 0.25) is 0 Å². The second kappa shape index (κ2) is 5.78. The molecule has 5 nitrogen and oxygen atoms in total. The van der Waals surface area contributed by atoms with Gasteiger partial charge in [0.15, 0.2) is 0 Å². The second-order valence-electron chi connectivity index (χ2n) is 6.97. The third-order valence-electron chi connectivity index (χ3n) is 5.60. The van der Waals surface area contributed by atoms with Gasteiger partial charge in [-0.1, -0.05) is 6.92 Å². The summed E-state index contributed by atoms with van der Waals surface area (Å²) < 4.78 is 24.3. The van der Waals surface area contributed by atoms with Crippen LogP contribution < -0.4 is 0 Å². The summed E-state index contributed by atoms with van der Waals surface area (Å²) in [6.45, 7) is 3.62. The highest BCUT2D eigenvalue weighted by molar-refractivity contribution is 4.98. The maximum atomic E-state index is 10.7. The van der Waals surface area contributed by atoms with E-state index in [0.29, 0.717) is 0 Å². The van der Waals surface area contributed by atoms with Crippen molar-refractivity contribution in [2.45, 2.75) is 81.8 Å². The summed E-state index contributed by atoms with van der Waals surface area (Å²) in [7, 11) is 0. The predicted octanol–water partition coefficient (Wildman–Crippen LogP) is 1.27. The summed E-state index contributed by atoms with van der Waals surface area (Å²) in [5.74, 6) is 0.0333. The van der Waals surface area contributed by atoms with Crippen LogP contribution in [0.25, 0.3) is 0 Å². The van der Waals surface area contributed by atoms with E-state index in [9.17, 15) is 5.11 Å². The lowest BCUT2D eigenvalue weighted by Crippen LogP contribution is -2.53. The molecule has 1 N–H and O–H groups in total. The van der Waals surface area contributed by atoms with Crippen molar-refractivity contribution in [3.8, 4) is 0 Å². The zero-order valence-electron chi connectivity index (χ0n) is 12.6. The number of aliphatic hydroxyl groups is 1. The molecule has 21 heavy (non-hydrogen) atoms. The maximum absolute atomic E-state index is 10.7. The fourth-order valence-corrected chi connectivity index (χ4v) is 4.39. The normalized spacial score (nSPS) is 54.0. The predicted molar refractivity (Wildman–Crippen MR) is 75.1 cm³/mol. The Labute approximate surface area is 125 Å². The van der Waals surface area contributed by atoms with E-state index in [1.54, 1.807) is 0 Å². The van der Waals surface area contributed by atoms with Gasteiger partial charge >= 0.3 is 0 Å². The van der Waals surface area contributed by atoms with Gasteiger partial charge in [-0.3, -0.25) is 0 Å². The average molecular weight is 298 g/mol. The van der Waals surface area contributed by atoms with Crippen molar-refractivity contribution in [1.29, 1.82) is 0 Å². The molecule has 0 spiro atoms. The van der Waals surface area contributed by atoms with Crippen LogP contribution in [0.15, 0.2) is 0 Å². The van der Waals surface area contributed by atoms with Gasteiger partial charge in [0.25, 0.3) is 0 Å². The molecule has 0 saturated carbocycles. The SMILES string of the molecule is C[C@@H]1[C@@H](O)[C@H]2OCCC[C@@H]2O[C@@H]2C[C@@H]3OCCC[C@H]3O[C@@H]12. The maximum Gasteiger partial charge on any atom is 0.110 e. The zero-order valence-corrected chi connectivity index (χ0v) is 12.6. The summed E-state index contributed by atoms with van der Waals surface area (Å²) >= 11 is 0. The lowest BCUT2D eigenvalue weighted by atomic mass is 9.85. The summed E-state index contributed by atoms with van der Waals surface area (Å²) in [6, 6.07) is 0. The van der Waals surface area contributed by atoms with Gasteiger partial charge in [0.1, 0.15) is 6.10 Å². The van der Waals surface area contributed by atoms with Crippen molar-refractivity contribution in [1.82, 2.24) is 0 Å². The molecule has 0 unspecified atom stereocenters. The molecule has 5 heteroatoms. The Kier molecular flexibility index (Phi) is 3.96. The highest BCUT2D eigenvalue weighted by atomic mass is 16.6. The van der Waals surface area contributed by atoms with Crippen LogP contribution in [0.2, 0.25) is 0 Å². The highest BCUT2D eigenvalue weighted by Crippen LogP contribution is 2.39. The van der Waals surface area contributed by atoms with E-state index < -0.39 is 6.10 Å². The summed E-state index contributed by atoms with van der Waals surface area (Å²) in [4.78, 5) is 0. The molecule has 4 fully saturated rings. The average Bonchev–Trinajstić information content (AvgIpc) is 2.62.